The molecular weight excluding hydrogens is 424 g/mol. The fourth-order valence-electron chi connectivity index (χ4n) is 2.07. The van der Waals surface area contributed by atoms with Crippen molar-refractivity contribution in [3.05, 3.63) is 64.4 Å². The van der Waals surface area contributed by atoms with Crippen LogP contribution in [0.15, 0.2) is 58.2 Å². The predicted molar refractivity (Wildman–Crippen MR) is 92.7 cm³/mol. The molecule has 0 aliphatic carbocycles. The summed E-state index contributed by atoms with van der Waals surface area (Å²) in [5, 5.41) is 19.7. The minimum absolute atomic E-state index is 0.110. The summed E-state index contributed by atoms with van der Waals surface area (Å²) >= 11 is 3.15. The zero-order valence-corrected chi connectivity index (χ0v) is 15.3. The molecule has 3 rings (SSSR count). The first-order chi connectivity index (χ1) is 12.4. The lowest BCUT2D eigenvalue weighted by Gasteiger charge is -2.09. The Hall–Kier alpha value is -3.10. The van der Waals surface area contributed by atoms with Gasteiger partial charge in [0.25, 0.3) is 15.9 Å². The van der Waals surface area contributed by atoms with Gasteiger partial charge in [-0.15, -0.1) is 5.10 Å². The van der Waals surface area contributed by atoms with Crippen LogP contribution in [0.5, 0.6) is 0 Å². The summed E-state index contributed by atoms with van der Waals surface area (Å²) in [6, 6.07) is 11.9. The van der Waals surface area contributed by atoms with Gasteiger partial charge in [-0.3, -0.25) is 4.79 Å². The molecule has 0 radical (unpaired) electrons. The lowest BCUT2D eigenvalue weighted by atomic mass is 10.2. The number of amides is 1. The van der Waals surface area contributed by atoms with Crippen molar-refractivity contribution in [1.29, 1.82) is 5.26 Å². The molecule has 11 heteroatoms. The fraction of sp³-hybridized carbons (Fsp3) is 0. The van der Waals surface area contributed by atoms with E-state index < -0.39 is 15.9 Å². The zero-order valence-electron chi connectivity index (χ0n) is 12.9. The van der Waals surface area contributed by atoms with Gasteiger partial charge in [0.15, 0.2) is 0 Å². The molecule has 0 saturated carbocycles. The van der Waals surface area contributed by atoms with E-state index in [-0.39, 0.29) is 16.0 Å². The number of carbonyl (C=O) groups excluding carboxylic acids is 1. The van der Waals surface area contributed by atoms with Gasteiger partial charge in [0.05, 0.1) is 16.1 Å². The van der Waals surface area contributed by atoms with Gasteiger partial charge >= 0.3 is 0 Å². The van der Waals surface area contributed by atoms with Crippen LogP contribution in [0.4, 0.5) is 0 Å². The third kappa shape index (κ3) is 3.61. The third-order valence-corrected chi connectivity index (χ3v) is 5.34. The number of tetrazole rings is 1. The fourth-order valence-corrected chi connectivity index (χ4v) is 3.40. The first-order valence-electron chi connectivity index (χ1n) is 7.01. The molecule has 0 atom stereocenters. The predicted octanol–water partition coefficient (Wildman–Crippen LogP) is 1.42. The minimum Gasteiger partial charge on any atom is -0.268 e. The molecule has 1 N–H and O–H groups in total. The van der Waals surface area contributed by atoms with Crippen LogP contribution in [-0.4, -0.2) is 34.5 Å². The molecule has 9 nitrogen and oxygen atoms in total. The van der Waals surface area contributed by atoms with Gasteiger partial charge < -0.3 is 0 Å². The van der Waals surface area contributed by atoms with E-state index in [0.29, 0.717) is 10.2 Å². The smallest absolute Gasteiger partial charge is 0.265 e. The average Bonchev–Trinajstić information content (AvgIpc) is 3.16. The van der Waals surface area contributed by atoms with Gasteiger partial charge in [0.2, 0.25) is 0 Å². The Morgan fingerprint density at radius 1 is 1.23 bits per heavy atom. The summed E-state index contributed by atoms with van der Waals surface area (Å²) < 4.78 is 28.6. The topological polar surface area (TPSA) is 131 Å². The van der Waals surface area contributed by atoms with Crippen molar-refractivity contribution in [3.8, 4) is 11.8 Å². The second-order valence-electron chi connectivity index (χ2n) is 4.99. The van der Waals surface area contributed by atoms with Crippen LogP contribution in [0.3, 0.4) is 0 Å². The van der Waals surface area contributed by atoms with E-state index in [0.717, 1.165) is 0 Å². The van der Waals surface area contributed by atoms with Crippen molar-refractivity contribution in [1.82, 2.24) is 24.9 Å². The van der Waals surface area contributed by atoms with Crippen molar-refractivity contribution in [2.45, 2.75) is 4.90 Å². The monoisotopic (exact) mass is 432 g/mol. The van der Waals surface area contributed by atoms with Crippen molar-refractivity contribution < 1.29 is 13.2 Å². The number of carbonyl (C=O) groups is 1. The highest BCUT2D eigenvalue weighted by Crippen LogP contribution is 2.20. The molecular formula is C15H9BrN6O3S. The Kier molecular flexibility index (Phi) is 4.79. The maximum absolute atomic E-state index is 12.4. The minimum atomic E-state index is -4.14. The van der Waals surface area contributed by atoms with Gasteiger partial charge in [0, 0.05) is 10.0 Å². The molecule has 0 unspecified atom stereocenters. The molecule has 0 saturated heterocycles. The summed E-state index contributed by atoms with van der Waals surface area (Å²) in [5.74, 6) is -0.818. The number of benzene rings is 2. The molecule has 3 aromatic rings. The van der Waals surface area contributed by atoms with E-state index in [9.17, 15) is 13.2 Å². The van der Waals surface area contributed by atoms with E-state index in [1.165, 1.54) is 41.3 Å². The van der Waals surface area contributed by atoms with Gasteiger partial charge in [-0.25, -0.2) is 17.8 Å². The summed E-state index contributed by atoms with van der Waals surface area (Å²) in [6.07, 6.45) is 1.35. The largest absolute Gasteiger partial charge is 0.268 e. The molecule has 1 heterocycles. The van der Waals surface area contributed by atoms with Gasteiger partial charge in [-0.2, -0.15) is 5.26 Å². The number of nitriles is 1. The van der Waals surface area contributed by atoms with Crippen LogP contribution in [0.2, 0.25) is 0 Å². The lowest BCUT2D eigenvalue weighted by molar-refractivity contribution is 0.0981. The van der Waals surface area contributed by atoms with E-state index in [4.69, 9.17) is 5.26 Å². The van der Waals surface area contributed by atoms with Crippen molar-refractivity contribution >= 4 is 31.9 Å². The molecule has 26 heavy (non-hydrogen) atoms. The summed E-state index contributed by atoms with van der Waals surface area (Å²) in [6.45, 7) is 0. The van der Waals surface area contributed by atoms with E-state index in [1.807, 2.05) is 10.8 Å². The highest BCUT2D eigenvalue weighted by atomic mass is 79.9. The molecule has 1 amide bonds. The summed E-state index contributed by atoms with van der Waals surface area (Å²) in [7, 11) is -4.14. The summed E-state index contributed by atoms with van der Waals surface area (Å²) in [5.41, 5.74) is 0.746. The molecule has 1 aromatic heterocycles. The maximum atomic E-state index is 12.4. The first-order valence-corrected chi connectivity index (χ1v) is 9.28. The first kappa shape index (κ1) is 17.7. The van der Waals surface area contributed by atoms with Crippen LogP contribution >= 0.6 is 15.9 Å². The van der Waals surface area contributed by atoms with Crippen LogP contribution in [-0.2, 0) is 10.0 Å². The summed E-state index contributed by atoms with van der Waals surface area (Å²) in [4.78, 5) is 12.2. The molecule has 2 aromatic carbocycles. The highest BCUT2D eigenvalue weighted by molar-refractivity contribution is 9.10. The van der Waals surface area contributed by atoms with Gasteiger partial charge in [-0.1, -0.05) is 6.07 Å². The number of sulfonamides is 1. The number of hydrogen-bond acceptors (Lipinski definition) is 7. The van der Waals surface area contributed by atoms with E-state index >= 15 is 0 Å². The molecule has 130 valence electrons. The molecule has 0 spiro atoms. The van der Waals surface area contributed by atoms with E-state index in [2.05, 4.69) is 31.5 Å². The number of rotatable bonds is 4. The zero-order chi connectivity index (χ0) is 18.7. The SMILES string of the molecule is N#Cc1cc(S(=O)(=O)NC(=O)c2cccc(-n3cnnn3)c2)ccc1Br. The lowest BCUT2D eigenvalue weighted by Crippen LogP contribution is -2.30. The Labute approximate surface area is 156 Å². The maximum Gasteiger partial charge on any atom is 0.265 e. The quantitative estimate of drug-likeness (QED) is 0.658. The standard InChI is InChI=1S/C15H9BrN6O3S/c16-14-5-4-13(7-11(14)8-17)26(24,25)19-15(23)10-2-1-3-12(6-10)22-9-18-20-21-22/h1-7,9H,(H,19,23). The second-order valence-corrected chi connectivity index (χ2v) is 7.53. The second kappa shape index (κ2) is 7.03. The van der Waals surface area contributed by atoms with Gasteiger partial charge in [0.1, 0.15) is 12.4 Å². The third-order valence-electron chi connectivity index (χ3n) is 3.32. The molecule has 0 bridgehead atoms. The molecule has 0 aliphatic rings. The Morgan fingerprint density at radius 3 is 2.73 bits per heavy atom. The Bertz CT molecular complexity index is 1120. The number of nitrogens with zero attached hydrogens (tertiary/aromatic N) is 5. The van der Waals surface area contributed by atoms with E-state index in [1.54, 1.807) is 12.1 Å². The number of halogens is 1. The van der Waals surface area contributed by atoms with Crippen LogP contribution < -0.4 is 4.72 Å². The molecule has 0 fully saturated rings. The van der Waals surface area contributed by atoms with Crippen LogP contribution in [0, 0.1) is 11.3 Å². The normalized spacial score (nSPS) is 10.9. The Balaban J connectivity index is 1.88. The number of nitrogens with one attached hydrogen (secondary N) is 1. The average molecular weight is 433 g/mol. The molecule has 0 aliphatic heterocycles. The van der Waals surface area contributed by atoms with Crippen molar-refractivity contribution in [3.63, 3.8) is 0 Å². The Morgan fingerprint density at radius 2 is 2.04 bits per heavy atom. The number of aromatic nitrogens is 4. The van der Waals surface area contributed by atoms with Gasteiger partial charge in [-0.05, 0) is 62.8 Å². The number of hydrogen-bond donors (Lipinski definition) is 1. The van der Waals surface area contributed by atoms with Crippen LogP contribution in [0.25, 0.3) is 5.69 Å². The van der Waals surface area contributed by atoms with Crippen molar-refractivity contribution in [2.75, 3.05) is 0 Å². The van der Waals surface area contributed by atoms with Crippen LogP contribution in [0.1, 0.15) is 15.9 Å². The highest BCUT2D eigenvalue weighted by Gasteiger charge is 2.20. The van der Waals surface area contributed by atoms with Crippen molar-refractivity contribution in [2.24, 2.45) is 0 Å².